The molecule has 0 radical (unpaired) electrons. The number of amides is 1. The van der Waals surface area contributed by atoms with Crippen LogP contribution in [0.2, 0.25) is 0 Å². The number of nitrogens with zero attached hydrogens (tertiary/aromatic N) is 3. The van der Waals surface area contributed by atoms with E-state index < -0.39 is 0 Å². The van der Waals surface area contributed by atoms with Crippen LogP contribution in [0.4, 0.5) is 0 Å². The van der Waals surface area contributed by atoms with Gasteiger partial charge in [0.15, 0.2) is 0 Å². The van der Waals surface area contributed by atoms with Gasteiger partial charge in [-0.25, -0.2) is 4.98 Å². The molecule has 9 heteroatoms. The molecule has 0 saturated carbocycles. The number of ether oxygens (including phenoxy) is 1. The van der Waals surface area contributed by atoms with Crippen molar-refractivity contribution in [3.63, 3.8) is 0 Å². The molecule has 2 saturated heterocycles. The fourth-order valence-corrected chi connectivity index (χ4v) is 5.03. The van der Waals surface area contributed by atoms with E-state index in [2.05, 4.69) is 25.1 Å². The number of carbonyl (C=O) groups excluding carboxylic acids is 1. The normalized spacial score (nSPS) is 21.1. The van der Waals surface area contributed by atoms with Gasteiger partial charge in [0.25, 0.3) is 5.56 Å². The van der Waals surface area contributed by atoms with Gasteiger partial charge in [0, 0.05) is 44.2 Å². The maximum atomic E-state index is 12.4. The van der Waals surface area contributed by atoms with Gasteiger partial charge in [-0.2, -0.15) is 0 Å². The monoisotopic (exact) mass is 419 g/mol. The van der Waals surface area contributed by atoms with Gasteiger partial charge < -0.3 is 15.0 Å². The van der Waals surface area contributed by atoms with Crippen molar-refractivity contribution in [1.82, 2.24) is 25.1 Å². The topological polar surface area (TPSA) is 90.6 Å². The predicted molar refractivity (Wildman–Crippen MR) is 113 cm³/mol. The summed E-state index contributed by atoms with van der Waals surface area (Å²) in [4.78, 5) is 38.6. The first-order chi connectivity index (χ1) is 14.0. The van der Waals surface area contributed by atoms with Gasteiger partial charge in [0.05, 0.1) is 24.6 Å². The molecule has 2 aliphatic rings. The van der Waals surface area contributed by atoms with Crippen molar-refractivity contribution in [3.8, 4) is 0 Å². The van der Waals surface area contributed by atoms with Crippen LogP contribution in [0.3, 0.4) is 0 Å². The maximum absolute atomic E-state index is 12.4. The molecule has 1 amide bonds. The SMILES string of the molecule is Cc1sc2nc(CN3CCN(CC(=O)NCC4CCCO4)CC3)[nH]c(=O)c2c1C. The number of piperazine rings is 1. The fourth-order valence-electron chi connectivity index (χ4n) is 3.98. The number of aromatic amines is 1. The van der Waals surface area contributed by atoms with Crippen LogP contribution in [0, 0.1) is 13.8 Å². The molecule has 2 aliphatic heterocycles. The lowest BCUT2D eigenvalue weighted by molar-refractivity contribution is -0.123. The van der Waals surface area contributed by atoms with E-state index in [1.165, 1.54) is 0 Å². The van der Waals surface area contributed by atoms with Crippen molar-refractivity contribution in [2.24, 2.45) is 0 Å². The van der Waals surface area contributed by atoms with Crippen LogP contribution in [0.25, 0.3) is 10.2 Å². The molecule has 2 aromatic heterocycles. The largest absolute Gasteiger partial charge is 0.376 e. The van der Waals surface area contributed by atoms with Crippen LogP contribution in [0.1, 0.15) is 29.1 Å². The summed E-state index contributed by atoms with van der Waals surface area (Å²) in [5.74, 6) is 0.778. The van der Waals surface area contributed by atoms with Crippen molar-refractivity contribution in [2.75, 3.05) is 45.9 Å². The summed E-state index contributed by atoms with van der Waals surface area (Å²) in [6, 6.07) is 0. The van der Waals surface area contributed by atoms with E-state index in [0.29, 0.717) is 25.5 Å². The number of rotatable bonds is 6. The molecule has 8 nitrogen and oxygen atoms in total. The maximum Gasteiger partial charge on any atom is 0.259 e. The van der Waals surface area contributed by atoms with Gasteiger partial charge in [-0.05, 0) is 32.3 Å². The summed E-state index contributed by atoms with van der Waals surface area (Å²) >= 11 is 1.58. The molecule has 1 unspecified atom stereocenters. The molecule has 2 fully saturated rings. The number of H-pyrrole nitrogens is 1. The lowest BCUT2D eigenvalue weighted by Crippen LogP contribution is -2.49. The van der Waals surface area contributed by atoms with Gasteiger partial charge in [-0.1, -0.05) is 0 Å². The Kier molecular flexibility index (Phi) is 6.29. The zero-order valence-electron chi connectivity index (χ0n) is 17.1. The Morgan fingerprint density at radius 3 is 2.76 bits per heavy atom. The molecule has 2 N–H and O–H groups in total. The van der Waals surface area contributed by atoms with E-state index in [1.807, 2.05) is 13.8 Å². The third-order valence-corrected chi connectivity index (χ3v) is 6.95. The molecule has 0 aliphatic carbocycles. The quantitative estimate of drug-likeness (QED) is 0.726. The van der Waals surface area contributed by atoms with Crippen molar-refractivity contribution >= 4 is 27.5 Å². The van der Waals surface area contributed by atoms with Gasteiger partial charge >= 0.3 is 0 Å². The Labute approximate surface area is 174 Å². The van der Waals surface area contributed by atoms with Crippen molar-refractivity contribution in [1.29, 1.82) is 0 Å². The van der Waals surface area contributed by atoms with Crippen molar-refractivity contribution in [3.05, 3.63) is 26.6 Å². The zero-order chi connectivity index (χ0) is 20.4. The molecule has 1 atom stereocenters. The number of aryl methyl sites for hydroxylation is 2. The molecular formula is C20H29N5O3S. The number of thiophene rings is 1. The number of hydrogen-bond donors (Lipinski definition) is 2. The summed E-state index contributed by atoms with van der Waals surface area (Å²) in [6.07, 6.45) is 2.30. The highest BCUT2D eigenvalue weighted by atomic mass is 32.1. The molecule has 2 aromatic rings. The lowest BCUT2D eigenvalue weighted by atomic mass is 10.2. The van der Waals surface area contributed by atoms with E-state index in [9.17, 15) is 9.59 Å². The Bertz CT molecular complexity index is 926. The summed E-state index contributed by atoms with van der Waals surface area (Å²) in [7, 11) is 0. The minimum atomic E-state index is -0.0478. The van der Waals surface area contributed by atoms with Gasteiger partial charge in [-0.3, -0.25) is 19.4 Å². The summed E-state index contributed by atoms with van der Waals surface area (Å²) < 4.78 is 5.54. The molecule has 0 bridgehead atoms. The van der Waals surface area contributed by atoms with E-state index in [1.54, 1.807) is 11.3 Å². The second-order valence-electron chi connectivity index (χ2n) is 7.97. The third-order valence-electron chi connectivity index (χ3n) is 5.84. The number of aromatic nitrogens is 2. The molecular weight excluding hydrogens is 390 g/mol. The molecule has 4 rings (SSSR count). The minimum absolute atomic E-state index is 0.0478. The molecule has 158 valence electrons. The Hall–Kier alpha value is -1.81. The van der Waals surface area contributed by atoms with Crippen LogP contribution in [-0.4, -0.2) is 77.7 Å². The van der Waals surface area contributed by atoms with E-state index >= 15 is 0 Å². The van der Waals surface area contributed by atoms with Crippen molar-refractivity contribution < 1.29 is 9.53 Å². The van der Waals surface area contributed by atoms with Crippen LogP contribution in [0.5, 0.6) is 0 Å². The summed E-state index contributed by atoms with van der Waals surface area (Å²) in [6.45, 7) is 9.83. The molecule has 4 heterocycles. The highest BCUT2D eigenvalue weighted by molar-refractivity contribution is 7.18. The third kappa shape index (κ3) is 4.85. The first-order valence-corrected chi connectivity index (χ1v) is 11.1. The van der Waals surface area contributed by atoms with Crippen LogP contribution < -0.4 is 10.9 Å². The van der Waals surface area contributed by atoms with Gasteiger partial charge in [0.1, 0.15) is 10.7 Å². The summed E-state index contributed by atoms with van der Waals surface area (Å²) in [5.41, 5.74) is 0.977. The smallest absolute Gasteiger partial charge is 0.259 e. The Morgan fingerprint density at radius 1 is 1.28 bits per heavy atom. The molecule has 0 spiro atoms. The highest BCUT2D eigenvalue weighted by Crippen LogP contribution is 2.25. The van der Waals surface area contributed by atoms with E-state index in [4.69, 9.17) is 4.74 Å². The second-order valence-corrected chi connectivity index (χ2v) is 9.17. The van der Waals surface area contributed by atoms with Crippen LogP contribution in [0.15, 0.2) is 4.79 Å². The first kappa shape index (κ1) is 20.5. The number of hydrogen-bond acceptors (Lipinski definition) is 7. The Balaban J connectivity index is 1.26. The standard InChI is InChI=1S/C20H29N5O3S/c1-13-14(2)29-20-18(13)19(27)22-16(23-20)11-24-5-7-25(8-6-24)12-17(26)21-10-15-4-3-9-28-15/h15H,3-12H2,1-2H3,(H,21,26)(H,22,23,27). The highest BCUT2D eigenvalue weighted by Gasteiger charge is 2.21. The molecule has 0 aromatic carbocycles. The van der Waals surface area contributed by atoms with Gasteiger partial charge in [-0.15, -0.1) is 11.3 Å². The lowest BCUT2D eigenvalue weighted by Gasteiger charge is -2.33. The molecule has 29 heavy (non-hydrogen) atoms. The van der Waals surface area contributed by atoms with E-state index in [0.717, 1.165) is 66.3 Å². The van der Waals surface area contributed by atoms with E-state index in [-0.39, 0.29) is 17.6 Å². The number of nitrogens with one attached hydrogen (secondary N) is 2. The summed E-state index contributed by atoms with van der Waals surface area (Å²) in [5, 5.41) is 3.70. The second kappa shape index (κ2) is 8.91. The fraction of sp³-hybridized carbons (Fsp3) is 0.650. The number of carbonyl (C=O) groups is 1. The van der Waals surface area contributed by atoms with Crippen LogP contribution in [-0.2, 0) is 16.1 Å². The first-order valence-electron chi connectivity index (χ1n) is 10.3. The van der Waals surface area contributed by atoms with Crippen molar-refractivity contribution in [2.45, 2.75) is 39.3 Å². The van der Waals surface area contributed by atoms with Crippen LogP contribution >= 0.6 is 11.3 Å². The predicted octanol–water partition coefficient (Wildman–Crippen LogP) is 1.01. The average Bonchev–Trinajstić information content (AvgIpc) is 3.30. The van der Waals surface area contributed by atoms with Gasteiger partial charge in [0.2, 0.25) is 5.91 Å². The zero-order valence-corrected chi connectivity index (χ0v) is 17.9. The number of fused-ring (bicyclic) bond motifs is 1. The Morgan fingerprint density at radius 2 is 2.03 bits per heavy atom. The average molecular weight is 420 g/mol. The minimum Gasteiger partial charge on any atom is -0.376 e.